The van der Waals surface area contributed by atoms with Crippen LogP contribution in [-0.2, 0) is 14.3 Å². The molecule has 1 aromatic carbocycles. The summed E-state index contributed by atoms with van der Waals surface area (Å²) >= 11 is 0. The van der Waals surface area contributed by atoms with Crippen LogP contribution in [0.1, 0.15) is 35.7 Å². The lowest BCUT2D eigenvalue weighted by Gasteiger charge is -2.18. The van der Waals surface area contributed by atoms with Crippen molar-refractivity contribution in [2.75, 3.05) is 14.2 Å². The Balaban J connectivity index is 2.85. The highest BCUT2D eigenvalue weighted by Crippen LogP contribution is 2.25. The first-order valence-corrected chi connectivity index (χ1v) is 5.77. The third-order valence-corrected chi connectivity index (χ3v) is 3.18. The van der Waals surface area contributed by atoms with Crippen molar-refractivity contribution in [1.29, 1.82) is 0 Å². The molecule has 0 fully saturated rings. The van der Waals surface area contributed by atoms with Crippen LogP contribution in [0.25, 0.3) is 0 Å². The zero-order valence-corrected chi connectivity index (χ0v) is 11.1. The van der Waals surface area contributed by atoms with Crippen molar-refractivity contribution in [3.05, 3.63) is 35.4 Å². The van der Waals surface area contributed by atoms with E-state index in [2.05, 4.69) is 4.74 Å². The van der Waals surface area contributed by atoms with Gasteiger partial charge in [-0.1, -0.05) is 26.0 Å². The second-order valence-corrected chi connectivity index (χ2v) is 4.21. The lowest BCUT2D eigenvalue weighted by atomic mass is 9.88. The fourth-order valence-corrected chi connectivity index (χ4v) is 1.72. The Morgan fingerprint density at radius 2 is 1.56 bits per heavy atom. The lowest BCUT2D eigenvalue weighted by molar-refractivity contribution is -0.145. The molecule has 2 unspecified atom stereocenters. The van der Waals surface area contributed by atoms with Crippen LogP contribution in [0, 0.1) is 5.92 Å². The van der Waals surface area contributed by atoms with Crippen LogP contribution in [0.2, 0.25) is 0 Å². The molecule has 2 atom stereocenters. The first-order chi connectivity index (χ1) is 8.51. The van der Waals surface area contributed by atoms with Crippen molar-refractivity contribution in [2.24, 2.45) is 5.92 Å². The highest BCUT2D eigenvalue weighted by Gasteiger charge is 2.22. The molecule has 0 aromatic heterocycles. The summed E-state index contributed by atoms with van der Waals surface area (Å²) in [6, 6.07) is 7.05. The summed E-state index contributed by atoms with van der Waals surface area (Å²) in [5.74, 6) is -0.794. The Kier molecular flexibility index (Phi) is 4.89. The molecule has 0 saturated carbocycles. The number of benzene rings is 1. The SMILES string of the molecule is COC(=O)c1ccc(C(C)C(C)C(=O)OC)cc1. The van der Waals surface area contributed by atoms with Crippen LogP contribution < -0.4 is 0 Å². The fraction of sp³-hybridized carbons (Fsp3) is 0.429. The van der Waals surface area contributed by atoms with Gasteiger partial charge in [0.25, 0.3) is 0 Å². The second kappa shape index (κ2) is 6.19. The normalized spacial score (nSPS) is 13.6. The van der Waals surface area contributed by atoms with E-state index < -0.39 is 0 Å². The summed E-state index contributed by atoms with van der Waals surface area (Å²) < 4.78 is 9.35. The molecule has 98 valence electrons. The quantitative estimate of drug-likeness (QED) is 0.770. The van der Waals surface area contributed by atoms with Gasteiger partial charge in [-0.25, -0.2) is 4.79 Å². The van der Waals surface area contributed by atoms with E-state index in [1.807, 2.05) is 26.0 Å². The number of hydrogen-bond acceptors (Lipinski definition) is 4. The standard InChI is InChI=1S/C14H18O4/c1-9(10(2)13(15)17-3)11-5-7-12(8-6-11)14(16)18-4/h5-10H,1-4H3. The predicted molar refractivity (Wildman–Crippen MR) is 67.4 cm³/mol. The highest BCUT2D eigenvalue weighted by molar-refractivity contribution is 5.89. The molecule has 0 saturated heterocycles. The Bertz CT molecular complexity index is 422. The molecule has 0 bridgehead atoms. The average molecular weight is 250 g/mol. The summed E-state index contributed by atoms with van der Waals surface area (Å²) in [6.07, 6.45) is 0. The van der Waals surface area contributed by atoms with E-state index in [0.717, 1.165) is 5.56 Å². The van der Waals surface area contributed by atoms with Crippen LogP contribution in [0.3, 0.4) is 0 Å². The van der Waals surface area contributed by atoms with E-state index in [1.54, 1.807) is 12.1 Å². The lowest BCUT2D eigenvalue weighted by Crippen LogP contribution is -2.18. The third kappa shape index (κ3) is 3.09. The van der Waals surface area contributed by atoms with Gasteiger partial charge in [0.15, 0.2) is 0 Å². The smallest absolute Gasteiger partial charge is 0.337 e. The largest absolute Gasteiger partial charge is 0.469 e. The number of carbonyl (C=O) groups excluding carboxylic acids is 2. The number of hydrogen-bond donors (Lipinski definition) is 0. The second-order valence-electron chi connectivity index (χ2n) is 4.21. The van der Waals surface area contributed by atoms with Gasteiger partial charge in [0, 0.05) is 0 Å². The molecule has 1 rings (SSSR count). The number of esters is 2. The summed E-state index contributed by atoms with van der Waals surface area (Å²) in [7, 11) is 2.73. The van der Waals surface area contributed by atoms with Gasteiger partial charge in [-0.05, 0) is 23.6 Å². The average Bonchev–Trinajstić information content (AvgIpc) is 2.44. The van der Waals surface area contributed by atoms with Gasteiger partial charge >= 0.3 is 11.9 Å². The van der Waals surface area contributed by atoms with Crippen molar-refractivity contribution < 1.29 is 19.1 Å². The Morgan fingerprint density at radius 3 is 2.00 bits per heavy atom. The number of carbonyl (C=O) groups is 2. The molecule has 1 aromatic rings. The van der Waals surface area contributed by atoms with Crippen molar-refractivity contribution in [3.8, 4) is 0 Å². The van der Waals surface area contributed by atoms with Gasteiger partial charge in [0.1, 0.15) is 0 Å². The van der Waals surface area contributed by atoms with Gasteiger partial charge in [0.2, 0.25) is 0 Å². The van der Waals surface area contributed by atoms with Crippen LogP contribution >= 0.6 is 0 Å². The molecule has 4 nitrogen and oxygen atoms in total. The first-order valence-electron chi connectivity index (χ1n) is 5.77. The molecular weight excluding hydrogens is 232 g/mol. The maximum atomic E-state index is 11.5. The molecule has 4 heteroatoms. The van der Waals surface area contributed by atoms with Gasteiger partial charge in [0.05, 0.1) is 25.7 Å². The summed E-state index contributed by atoms with van der Waals surface area (Å²) in [5.41, 5.74) is 1.49. The van der Waals surface area contributed by atoms with Crippen LogP contribution in [0.5, 0.6) is 0 Å². The number of rotatable bonds is 4. The third-order valence-electron chi connectivity index (χ3n) is 3.18. The first kappa shape index (κ1) is 14.2. The zero-order valence-electron chi connectivity index (χ0n) is 11.1. The van der Waals surface area contributed by atoms with E-state index in [4.69, 9.17) is 4.74 Å². The fourth-order valence-electron chi connectivity index (χ4n) is 1.72. The maximum absolute atomic E-state index is 11.5. The van der Waals surface area contributed by atoms with E-state index >= 15 is 0 Å². The Morgan fingerprint density at radius 1 is 1.00 bits per heavy atom. The number of ether oxygens (including phenoxy) is 2. The van der Waals surface area contributed by atoms with E-state index in [1.165, 1.54) is 14.2 Å². The van der Waals surface area contributed by atoms with Crippen molar-refractivity contribution in [2.45, 2.75) is 19.8 Å². The number of methoxy groups -OCH3 is 2. The molecule has 0 aliphatic heterocycles. The maximum Gasteiger partial charge on any atom is 0.337 e. The molecule has 0 heterocycles. The van der Waals surface area contributed by atoms with Crippen LogP contribution in [0.4, 0.5) is 0 Å². The van der Waals surface area contributed by atoms with Gasteiger partial charge < -0.3 is 9.47 Å². The van der Waals surface area contributed by atoms with Gasteiger partial charge in [-0.2, -0.15) is 0 Å². The van der Waals surface area contributed by atoms with E-state index in [-0.39, 0.29) is 23.8 Å². The molecular formula is C14H18O4. The van der Waals surface area contributed by atoms with Crippen LogP contribution in [0.15, 0.2) is 24.3 Å². The minimum Gasteiger partial charge on any atom is -0.469 e. The molecule has 0 aliphatic carbocycles. The van der Waals surface area contributed by atoms with E-state index in [0.29, 0.717) is 5.56 Å². The Labute approximate surface area is 107 Å². The van der Waals surface area contributed by atoms with Gasteiger partial charge in [-0.15, -0.1) is 0 Å². The summed E-state index contributed by atoms with van der Waals surface area (Å²) in [4.78, 5) is 22.7. The van der Waals surface area contributed by atoms with Crippen LogP contribution in [-0.4, -0.2) is 26.2 Å². The predicted octanol–water partition coefficient (Wildman–Crippen LogP) is 2.39. The monoisotopic (exact) mass is 250 g/mol. The minimum absolute atomic E-state index is 0.0316. The zero-order chi connectivity index (χ0) is 13.7. The molecule has 18 heavy (non-hydrogen) atoms. The topological polar surface area (TPSA) is 52.6 Å². The van der Waals surface area contributed by atoms with Crippen molar-refractivity contribution in [1.82, 2.24) is 0 Å². The molecule has 0 spiro atoms. The van der Waals surface area contributed by atoms with E-state index in [9.17, 15) is 9.59 Å². The summed E-state index contributed by atoms with van der Waals surface area (Å²) in [5, 5.41) is 0. The Hall–Kier alpha value is -1.84. The van der Waals surface area contributed by atoms with Crippen molar-refractivity contribution >= 4 is 11.9 Å². The molecule has 0 radical (unpaired) electrons. The molecule has 0 amide bonds. The molecule has 0 aliphatic rings. The minimum atomic E-state index is -0.366. The molecule has 0 N–H and O–H groups in total. The highest BCUT2D eigenvalue weighted by atomic mass is 16.5. The van der Waals surface area contributed by atoms with Crippen molar-refractivity contribution in [3.63, 3.8) is 0 Å². The summed E-state index contributed by atoms with van der Waals surface area (Å²) in [6.45, 7) is 3.78. The van der Waals surface area contributed by atoms with Gasteiger partial charge in [-0.3, -0.25) is 4.79 Å².